The van der Waals surface area contributed by atoms with Gasteiger partial charge in [-0.2, -0.15) is 0 Å². The summed E-state index contributed by atoms with van der Waals surface area (Å²) in [4.78, 5) is 80.1. The van der Waals surface area contributed by atoms with E-state index >= 15 is 0 Å². The molecule has 6 atom stereocenters. The summed E-state index contributed by atoms with van der Waals surface area (Å²) in [5.74, 6) is -11.4. The van der Waals surface area contributed by atoms with Gasteiger partial charge in [0.25, 0.3) is 0 Å². The number of nitrogens with zero attached hydrogens (tertiary/aromatic N) is 1. The Labute approximate surface area is 240 Å². The first-order valence-corrected chi connectivity index (χ1v) is 13.4. The van der Waals surface area contributed by atoms with Crippen molar-refractivity contribution in [3.63, 3.8) is 0 Å². The molecule has 5 rings (SSSR count). The number of hydrogen-bond acceptors (Lipinski definition) is 10. The van der Waals surface area contributed by atoms with Gasteiger partial charge in [-0.1, -0.05) is 18.2 Å². The number of primary amides is 1. The van der Waals surface area contributed by atoms with Crippen LogP contribution in [0.15, 0.2) is 36.4 Å². The van der Waals surface area contributed by atoms with Crippen LogP contribution in [0.2, 0.25) is 0 Å². The van der Waals surface area contributed by atoms with Crippen molar-refractivity contribution in [3.05, 3.63) is 47.5 Å². The summed E-state index contributed by atoms with van der Waals surface area (Å²) in [6.45, 7) is -0.142. The molecule has 0 aliphatic heterocycles. The zero-order valence-corrected chi connectivity index (χ0v) is 23.2. The summed E-state index contributed by atoms with van der Waals surface area (Å²) in [7, 11) is 4.46. The van der Waals surface area contributed by atoms with Gasteiger partial charge in [0.2, 0.25) is 11.8 Å². The molecule has 42 heavy (non-hydrogen) atoms. The molecule has 0 aromatic heterocycles. The molecular formula is C30H31N3O9. The summed E-state index contributed by atoms with van der Waals surface area (Å²) in [5, 5.41) is 25.2. The molecule has 220 valence electrons. The van der Waals surface area contributed by atoms with Crippen LogP contribution in [0.1, 0.15) is 22.3 Å². The van der Waals surface area contributed by atoms with E-state index < -0.39 is 64.4 Å². The Morgan fingerprint density at radius 2 is 1.83 bits per heavy atom. The topological polar surface area (TPSA) is 193 Å². The van der Waals surface area contributed by atoms with Gasteiger partial charge in [-0.25, -0.2) is 0 Å². The molecule has 3 unspecified atom stereocenters. The van der Waals surface area contributed by atoms with Crippen molar-refractivity contribution < 1.29 is 43.7 Å². The number of carbonyl (C=O) groups is 6. The van der Waals surface area contributed by atoms with Crippen LogP contribution < -0.4 is 11.1 Å². The third-order valence-electron chi connectivity index (χ3n) is 8.68. The van der Waals surface area contributed by atoms with E-state index in [0.29, 0.717) is 22.4 Å². The number of hydrogen-bond donors (Lipinski definition) is 4. The highest BCUT2D eigenvalue weighted by Crippen LogP contribution is 2.51. The zero-order chi connectivity index (χ0) is 30.7. The van der Waals surface area contributed by atoms with E-state index in [9.17, 15) is 39.0 Å². The summed E-state index contributed by atoms with van der Waals surface area (Å²) < 4.78 is 4.86. The molecule has 2 fully saturated rings. The number of aromatic hydroxyl groups is 1. The Morgan fingerprint density at radius 1 is 1.12 bits per heavy atom. The molecular weight excluding hydrogens is 546 g/mol. The number of phenols is 1. The number of anilines is 1. The smallest absolute Gasteiger partial charge is 0.250 e. The zero-order valence-electron chi connectivity index (χ0n) is 23.2. The predicted octanol–water partition coefficient (Wildman–Crippen LogP) is 0.119. The van der Waals surface area contributed by atoms with E-state index in [1.807, 2.05) is 0 Å². The summed E-state index contributed by atoms with van der Waals surface area (Å²) in [5.41, 5.74) is 4.62. The first-order chi connectivity index (χ1) is 19.8. The number of methoxy groups -OCH3 is 1. The number of fused-ring (bicyclic) bond motifs is 3. The highest BCUT2D eigenvalue weighted by atomic mass is 16.5. The summed E-state index contributed by atoms with van der Waals surface area (Å²) >= 11 is 0. The molecule has 5 N–H and O–H groups in total. The van der Waals surface area contributed by atoms with Crippen LogP contribution in [0.5, 0.6) is 5.75 Å². The maximum absolute atomic E-state index is 14.0. The number of phenolic OH excluding ortho intramolecular Hbond substituents is 1. The van der Waals surface area contributed by atoms with Gasteiger partial charge in [-0.15, -0.1) is 0 Å². The lowest BCUT2D eigenvalue weighted by Gasteiger charge is -2.52. The Bertz CT molecular complexity index is 1550. The highest BCUT2D eigenvalue weighted by molar-refractivity contribution is 6.32. The van der Waals surface area contributed by atoms with Crippen molar-refractivity contribution in [2.24, 2.45) is 29.4 Å². The van der Waals surface area contributed by atoms with Crippen LogP contribution in [0.25, 0.3) is 11.1 Å². The van der Waals surface area contributed by atoms with Crippen LogP contribution in [0.3, 0.4) is 0 Å². The molecule has 0 saturated heterocycles. The maximum atomic E-state index is 14.0. The fourth-order valence-electron chi connectivity index (χ4n) is 6.97. The summed E-state index contributed by atoms with van der Waals surface area (Å²) in [6.07, 6.45) is 0.0714. The number of likely N-dealkylation sites (N-methyl/N-ethyl adjacent to an activating group) is 1. The number of carbonyl (C=O) groups excluding carboxylic acids is 6. The minimum atomic E-state index is -2.78. The Balaban J connectivity index is 1.60. The monoisotopic (exact) mass is 577 g/mol. The van der Waals surface area contributed by atoms with Crippen molar-refractivity contribution in [1.29, 1.82) is 0 Å². The van der Waals surface area contributed by atoms with Gasteiger partial charge in [-0.3, -0.25) is 33.7 Å². The number of ketones is 4. The lowest BCUT2D eigenvalue weighted by molar-refractivity contribution is -0.181. The van der Waals surface area contributed by atoms with Gasteiger partial charge in [0, 0.05) is 18.7 Å². The fourth-order valence-corrected chi connectivity index (χ4v) is 6.97. The first-order valence-electron chi connectivity index (χ1n) is 13.4. The van der Waals surface area contributed by atoms with Gasteiger partial charge in [0.05, 0.1) is 17.5 Å². The summed E-state index contributed by atoms with van der Waals surface area (Å²) in [6, 6.07) is 8.64. The van der Waals surface area contributed by atoms with Crippen LogP contribution >= 0.6 is 0 Å². The number of nitrogens with two attached hydrogens (primary N) is 1. The van der Waals surface area contributed by atoms with Gasteiger partial charge in [-0.05, 0) is 67.7 Å². The van der Waals surface area contributed by atoms with E-state index in [1.165, 1.54) is 32.2 Å². The van der Waals surface area contributed by atoms with Crippen molar-refractivity contribution >= 4 is 40.6 Å². The van der Waals surface area contributed by atoms with E-state index in [2.05, 4.69) is 5.32 Å². The number of Topliss-reactive ketones (excluding diaryl/α,β-unsaturated/α-hetero) is 4. The van der Waals surface area contributed by atoms with Gasteiger partial charge in [0.15, 0.2) is 34.7 Å². The molecule has 12 heteroatoms. The van der Waals surface area contributed by atoms with Crippen molar-refractivity contribution in [2.75, 3.05) is 33.1 Å². The predicted molar refractivity (Wildman–Crippen MR) is 147 cm³/mol. The standard InChI is InChI=1S/C30H31N3O9/c1-33(2)24-18-11-14-10-17-16(13-5-4-6-15(9-13)32-20(35)12-42-3)7-8-19(34)22(17)25(36)21(14)27(38)30(18,41)28(39)23(26(24)37)29(31)40/h4-9,14,18,21,23-24,34,41H,10-12H2,1-3H3,(H2,31,40)(H,32,35)/t14-,18-,21?,23?,24?,30-/m1/s1. The second-order valence-corrected chi connectivity index (χ2v) is 11.3. The number of rotatable bonds is 6. The lowest BCUT2D eigenvalue weighted by atomic mass is 9.52. The van der Waals surface area contributed by atoms with Crippen LogP contribution in [0, 0.1) is 23.7 Å². The number of benzene rings is 2. The van der Waals surface area contributed by atoms with Gasteiger partial charge >= 0.3 is 0 Å². The van der Waals surface area contributed by atoms with Crippen LogP contribution in [-0.4, -0.2) is 89.5 Å². The van der Waals surface area contributed by atoms with Gasteiger partial charge in [0.1, 0.15) is 12.4 Å². The van der Waals surface area contributed by atoms with E-state index in [4.69, 9.17) is 10.5 Å². The second-order valence-electron chi connectivity index (χ2n) is 11.3. The minimum Gasteiger partial charge on any atom is -0.507 e. The van der Waals surface area contributed by atoms with Gasteiger partial charge < -0.3 is 26.0 Å². The molecule has 12 nitrogen and oxygen atoms in total. The molecule has 3 aliphatic carbocycles. The second kappa shape index (κ2) is 10.5. The van der Waals surface area contributed by atoms with E-state index in [1.54, 1.807) is 30.3 Å². The van der Waals surface area contributed by atoms with Crippen LogP contribution in [0.4, 0.5) is 5.69 Å². The van der Waals surface area contributed by atoms with Crippen molar-refractivity contribution in [1.82, 2.24) is 4.90 Å². The molecule has 0 heterocycles. The number of amides is 2. The molecule has 2 amide bonds. The average Bonchev–Trinajstić information content (AvgIpc) is 2.90. The first kappa shape index (κ1) is 29.2. The van der Waals surface area contributed by atoms with E-state index in [-0.39, 0.29) is 36.7 Å². The Kier molecular flexibility index (Phi) is 7.34. The number of ether oxygens (including phenoxy) is 1. The molecule has 2 saturated carbocycles. The number of nitrogens with one attached hydrogen (secondary N) is 1. The fraction of sp³-hybridized carbons (Fsp3) is 0.400. The maximum Gasteiger partial charge on any atom is 0.250 e. The largest absolute Gasteiger partial charge is 0.507 e. The highest BCUT2D eigenvalue weighted by Gasteiger charge is 2.69. The minimum absolute atomic E-state index is 0.0495. The van der Waals surface area contributed by atoms with E-state index in [0.717, 1.165) is 0 Å². The molecule has 3 aliphatic rings. The van der Waals surface area contributed by atoms with Crippen molar-refractivity contribution in [2.45, 2.75) is 24.5 Å². The Morgan fingerprint density at radius 3 is 2.48 bits per heavy atom. The Hall–Kier alpha value is -4.26. The molecule has 0 spiro atoms. The normalized spacial score (nSPS) is 28.6. The molecule has 2 aromatic rings. The quantitative estimate of drug-likeness (QED) is 0.343. The third-order valence-corrected chi connectivity index (χ3v) is 8.68. The molecule has 0 bridgehead atoms. The lowest BCUT2D eigenvalue weighted by Crippen LogP contribution is -2.74. The average molecular weight is 578 g/mol. The number of aliphatic hydroxyl groups is 1. The molecule has 0 radical (unpaired) electrons. The SMILES string of the molecule is COCC(=O)Nc1cccc(-c2ccc(O)c3c2C[C@@H]2C[C@@H]4C(N(C)C)C(=O)C(C(N)=O)C(=O)[C@]4(O)C(=O)C2C3=O)c1. The van der Waals surface area contributed by atoms with Crippen LogP contribution in [-0.2, 0) is 35.1 Å². The van der Waals surface area contributed by atoms with Crippen molar-refractivity contribution in [3.8, 4) is 16.9 Å². The third kappa shape index (κ3) is 4.34. The molecule has 2 aromatic carbocycles.